The summed E-state index contributed by atoms with van der Waals surface area (Å²) in [5.74, 6) is -3.00. The van der Waals surface area contributed by atoms with Crippen LogP contribution in [0, 0.1) is 11.6 Å². The quantitative estimate of drug-likeness (QED) is 0.736. The third-order valence-corrected chi connectivity index (χ3v) is 2.57. The van der Waals surface area contributed by atoms with Crippen molar-refractivity contribution in [2.45, 2.75) is 12.2 Å². The molecule has 0 saturated heterocycles. The van der Waals surface area contributed by atoms with Crippen molar-refractivity contribution in [1.29, 1.82) is 0 Å². The van der Waals surface area contributed by atoms with Crippen molar-refractivity contribution in [1.82, 2.24) is 0 Å². The van der Waals surface area contributed by atoms with Gasteiger partial charge in [0.25, 0.3) is 0 Å². The summed E-state index contributed by atoms with van der Waals surface area (Å²) in [5, 5.41) is 28.0. The minimum Gasteiger partial charge on any atom is -0.507 e. The number of hydrogen-bond acceptors (Lipinski definition) is 3. The third-order valence-electron chi connectivity index (χ3n) is 1.91. The number of phenols is 1. The molecule has 3 nitrogen and oxygen atoms in total. The molecule has 0 aliphatic heterocycles. The molecule has 0 fully saturated rings. The molecule has 0 aliphatic carbocycles. The standard InChI is InChI=1S/C9H9BrF2O3/c10-3-8(14)9(15)4-1-5(11)6(12)2-7(4)13/h1-2,8-9,13-15H,3H2. The Balaban J connectivity index is 3.09. The number of aliphatic hydroxyl groups excluding tert-OH is 2. The van der Waals surface area contributed by atoms with E-state index in [1.807, 2.05) is 0 Å². The van der Waals surface area contributed by atoms with Gasteiger partial charge in [-0.15, -0.1) is 0 Å². The van der Waals surface area contributed by atoms with Crippen LogP contribution in [0.1, 0.15) is 11.7 Å². The van der Waals surface area contributed by atoms with E-state index in [-0.39, 0.29) is 10.9 Å². The Bertz CT molecular complexity index is 359. The number of rotatable bonds is 3. The Morgan fingerprint density at radius 1 is 1.20 bits per heavy atom. The van der Waals surface area contributed by atoms with Crippen LogP contribution < -0.4 is 0 Å². The summed E-state index contributed by atoms with van der Waals surface area (Å²) in [6, 6.07) is 1.20. The van der Waals surface area contributed by atoms with Crippen LogP contribution in [0.5, 0.6) is 5.75 Å². The van der Waals surface area contributed by atoms with Crippen LogP contribution >= 0.6 is 15.9 Å². The lowest BCUT2D eigenvalue weighted by Crippen LogP contribution is -2.19. The molecule has 0 aromatic heterocycles. The third kappa shape index (κ3) is 2.64. The van der Waals surface area contributed by atoms with Gasteiger partial charge in [-0.2, -0.15) is 0 Å². The Hall–Kier alpha value is -0.720. The van der Waals surface area contributed by atoms with Gasteiger partial charge in [0.15, 0.2) is 11.6 Å². The molecule has 0 aliphatic rings. The van der Waals surface area contributed by atoms with E-state index in [4.69, 9.17) is 0 Å². The van der Waals surface area contributed by atoms with E-state index >= 15 is 0 Å². The van der Waals surface area contributed by atoms with Crippen LogP contribution in [0.4, 0.5) is 8.78 Å². The second-order valence-corrected chi connectivity index (χ2v) is 3.64. The normalized spacial score (nSPS) is 15.0. The summed E-state index contributed by atoms with van der Waals surface area (Å²) in [6.07, 6.45) is -2.68. The zero-order valence-electron chi connectivity index (χ0n) is 7.49. The van der Waals surface area contributed by atoms with Gasteiger partial charge < -0.3 is 15.3 Å². The number of phenolic OH excluding ortho intramolecular Hbond substituents is 1. The molecule has 84 valence electrons. The largest absolute Gasteiger partial charge is 0.507 e. The first-order valence-electron chi connectivity index (χ1n) is 4.07. The molecule has 3 N–H and O–H groups in total. The molecule has 1 aromatic rings. The summed E-state index contributed by atoms with van der Waals surface area (Å²) in [5.41, 5.74) is -0.249. The first-order valence-corrected chi connectivity index (χ1v) is 5.19. The zero-order chi connectivity index (χ0) is 11.6. The van der Waals surface area contributed by atoms with Gasteiger partial charge in [-0.25, -0.2) is 8.78 Å². The van der Waals surface area contributed by atoms with Crippen molar-refractivity contribution in [2.24, 2.45) is 0 Å². The smallest absolute Gasteiger partial charge is 0.162 e. The molecule has 0 saturated carbocycles. The Kier molecular flexibility index (Phi) is 4.01. The van der Waals surface area contributed by atoms with Gasteiger partial charge in [-0.3, -0.25) is 0 Å². The van der Waals surface area contributed by atoms with Crippen LogP contribution in [0.2, 0.25) is 0 Å². The van der Waals surface area contributed by atoms with Gasteiger partial charge in [0.2, 0.25) is 0 Å². The summed E-state index contributed by atoms with van der Waals surface area (Å²) in [6.45, 7) is 0. The second kappa shape index (κ2) is 4.87. The van der Waals surface area contributed by atoms with E-state index in [0.29, 0.717) is 12.1 Å². The van der Waals surface area contributed by atoms with E-state index in [9.17, 15) is 24.1 Å². The van der Waals surface area contributed by atoms with Gasteiger partial charge in [-0.05, 0) is 6.07 Å². The highest BCUT2D eigenvalue weighted by atomic mass is 79.9. The van der Waals surface area contributed by atoms with Crippen LogP contribution in [0.25, 0.3) is 0 Å². The fourth-order valence-corrected chi connectivity index (χ4v) is 1.43. The fourth-order valence-electron chi connectivity index (χ4n) is 1.08. The van der Waals surface area contributed by atoms with Gasteiger partial charge in [0.1, 0.15) is 11.9 Å². The SMILES string of the molecule is Oc1cc(F)c(F)cc1C(O)C(O)CBr. The molecule has 6 heteroatoms. The van der Waals surface area contributed by atoms with E-state index in [0.717, 1.165) is 0 Å². The van der Waals surface area contributed by atoms with Crippen molar-refractivity contribution in [3.63, 3.8) is 0 Å². The molecule has 1 aromatic carbocycles. The number of halogens is 3. The van der Waals surface area contributed by atoms with Crippen molar-refractivity contribution in [3.05, 3.63) is 29.3 Å². The predicted octanol–water partition coefficient (Wildman–Crippen LogP) is 1.46. The Labute approximate surface area is 93.1 Å². The molecule has 15 heavy (non-hydrogen) atoms. The molecular weight excluding hydrogens is 274 g/mol. The van der Waals surface area contributed by atoms with Gasteiger partial charge >= 0.3 is 0 Å². The van der Waals surface area contributed by atoms with Crippen molar-refractivity contribution in [3.8, 4) is 5.75 Å². The first kappa shape index (κ1) is 12.4. The summed E-state index contributed by atoms with van der Waals surface area (Å²) >= 11 is 2.91. The molecule has 0 amide bonds. The first-order chi connectivity index (χ1) is 6.97. The van der Waals surface area contributed by atoms with Gasteiger partial charge in [0, 0.05) is 17.0 Å². The molecule has 0 bridgehead atoms. The lowest BCUT2D eigenvalue weighted by atomic mass is 10.0. The second-order valence-electron chi connectivity index (χ2n) is 2.99. The van der Waals surface area contributed by atoms with Crippen molar-refractivity contribution in [2.75, 3.05) is 5.33 Å². The van der Waals surface area contributed by atoms with Crippen LogP contribution in [-0.4, -0.2) is 26.8 Å². The fraction of sp³-hybridized carbons (Fsp3) is 0.333. The van der Waals surface area contributed by atoms with E-state index in [1.54, 1.807) is 0 Å². The van der Waals surface area contributed by atoms with Crippen LogP contribution in [0.15, 0.2) is 12.1 Å². The summed E-state index contributed by atoms with van der Waals surface area (Å²) < 4.78 is 25.4. The molecular formula is C9H9BrF2O3. The molecule has 0 spiro atoms. The highest BCUT2D eigenvalue weighted by Gasteiger charge is 2.22. The number of hydrogen-bond donors (Lipinski definition) is 3. The number of aliphatic hydroxyl groups is 2. The van der Waals surface area contributed by atoms with Crippen LogP contribution in [-0.2, 0) is 0 Å². The molecule has 2 unspecified atom stereocenters. The average Bonchev–Trinajstić information content (AvgIpc) is 2.21. The lowest BCUT2D eigenvalue weighted by Gasteiger charge is -2.17. The van der Waals surface area contributed by atoms with E-state index < -0.39 is 29.6 Å². The topological polar surface area (TPSA) is 60.7 Å². The molecule has 1 rings (SSSR count). The predicted molar refractivity (Wildman–Crippen MR) is 52.8 cm³/mol. The van der Waals surface area contributed by atoms with E-state index in [2.05, 4.69) is 15.9 Å². The molecule has 2 atom stereocenters. The highest BCUT2D eigenvalue weighted by Crippen LogP contribution is 2.29. The summed E-state index contributed by atoms with van der Waals surface area (Å²) in [7, 11) is 0. The Morgan fingerprint density at radius 3 is 2.27 bits per heavy atom. The van der Waals surface area contributed by atoms with Crippen LogP contribution in [0.3, 0.4) is 0 Å². The number of aromatic hydroxyl groups is 1. The average molecular weight is 283 g/mol. The molecule has 0 heterocycles. The maximum absolute atomic E-state index is 12.8. The van der Waals surface area contributed by atoms with Crippen molar-refractivity contribution >= 4 is 15.9 Å². The maximum Gasteiger partial charge on any atom is 0.162 e. The summed E-state index contributed by atoms with van der Waals surface area (Å²) in [4.78, 5) is 0. The zero-order valence-corrected chi connectivity index (χ0v) is 9.08. The van der Waals surface area contributed by atoms with Crippen molar-refractivity contribution < 1.29 is 24.1 Å². The molecule has 0 radical (unpaired) electrons. The minimum absolute atomic E-state index is 0.0482. The monoisotopic (exact) mass is 282 g/mol. The Morgan fingerprint density at radius 2 is 1.73 bits per heavy atom. The highest BCUT2D eigenvalue weighted by molar-refractivity contribution is 9.09. The number of benzene rings is 1. The maximum atomic E-state index is 12.8. The minimum atomic E-state index is -1.47. The van der Waals surface area contributed by atoms with E-state index in [1.165, 1.54) is 0 Å². The van der Waals surface area contributed by atoms with Gasteiger partial charge in [-0.1, -0.05) is 15.9 Å². The van der Waals surface area contributed by atoms with Gasteiger partial charge in [0.05, 0.1) is 6.10 Å². The number of alkyl halides is 1. The lowest BCUT2D eigenvalue weighted by molar-refractivity contribution is 0.0325.